The number of hydrogen-bond donors (Lipinski definition) is 3. The highest BCUT2D eigenvalue weighted by molar-refractivity contribution is 5.41. The van der Waals surface area contributed by atoms with Gasteiger partial charge in [-0.05, 0) is 32.2 Å². The van der Waals surface area contributed by atoms with Crippen LogP contribution in [0, 0.1) is 0 Å². The average molecular weight is 248 g/mol. The Hall–Kier alpha value is -1.40. The van der Waals surface area contributed by atoms with Gasteiger partial charge in [0.25, 0.3) is 0 Å². The number of fused-ring (bicyclic) bond motifs is 1. The predicted molar refractivity (Wildman–Crippen MR) is 71.1 cm³/mol. The van der Waals surface area contributed by atoms with E-state index in [1.165, 1.54) is 38.8 Å². The first-order valence-corrected chi connectivity index (χ1v) is 6.64. The molecule has 0 aliphatic carbocycles. The Balaban J connectivity index is 1.62. The fraction of sp³-hybridized carbons (Fsp3) is 0.667. The third kappa shape index (κ3) is 2.39. The van der Waals surface area contributed by atoms with Crippen LogP contribution in [0.4, 0.5) is 11.6 Å². The number of nitrogens with one attached hydrogen (secondary N) is 2. The van der Waals surface area contributed by atoms with Crippen molar-refractivity contribution in [3.63, 3.8) is 0 Å². The zero-order valence-electron chi connectivity index (χ0n) is 10.5. The summed E-state index contributed by atoms with van der Waals surface area (Å²) in [4.78, 5) is 11.1. The lowest BCUT2D eigenvalue weighted by atomic mass is 9.98. The van der Waals surface area contributed by atoms with E-state index < -0.39 is 0 Å². The van der Waals surface area contributed by atoms with Gasteiger partial charge in [0, 0.05) is 18.6 Å². The summed E-state index contributed by atoms with van der Waals surface area (Å²) < 4.78 is 0. The van der Waals surface area contributed by atoms with Crippen molar-refractivity contribution in [3.8, 4) is 0 Å². The minimum atomic E-state index is 0.506. The molecule has 0 spiro atoms. The molecule has 0 amide bonds. The third-order valence-electron chi connectivity index (χ3n) is 3.95. The fourth-order valence-corrected chi connectivity index (χ4v) is 3.07. The Morgan fingerprint density at radius 3 is 3.00 bits per heavy atom. The van der Waals surface area contributed by atoms with Crippen molar-refractivity contribution < 1.29 is 0 Å². The molecule has 2 aliphatic rings. The van der Waals surface area contributed by atoms with Gasteiger partial charge >= 0.3 is 0 Å². The molecule has 1 aromatic heterocycles. The molecule has 0 aromatic carbocycles. The Kier molecular flexibility index (Phi) is 3.29. The molecule has 0 bridgehead atoms. The second-order valence-electron chi connectivity index (χ2n) is 5.13. The van der Waals surface area contributed by atoms with Crippen molar-refractivity contribution in [3.05, 3.63) is 12.4 Å². The molecule has 3 rings (SSSR count). The first kappa shape index (κ1) is 11.7. The minimum Gasteiger partial charge on any atom is -0.366 e. The highest BCUT2D eigenvalue weighted by atomic mass is 15.3. The van der Waals surface area contributed by atoms with Gasteiger partial charge in [-0.3, -0.25) is 4.98 Å². The van der Waals surface area contributed by atoms with Gasteiger partial charge in [-0.1, -0.05) is 0 Å². The highest BCUT2D eigenvalue weighted by Gasteiger charge is 2.31. The van der Waals surface area contributed by atoms with E-state index in [1.54, 1.807) is 12.4 Å². The van der Waals surface area contributed by atoms with Crippen LogP contribution in [-0.2, 0) is 0 Å². The predicted octanol–water partition coefficient (Wildman–Crippen LogP) is 0.801. The molecule has 6 nitrogen and oxygen atoms in total. The van der Waals surface area contributed by atoms with Crippen molar-refractivity contribution in [1.82, 2.24) is 14.9 Å². The fourth-order valence-electron chi connectivity index (χ4n) is 3.07. The minimum absolute atomic E-state index is 0.506. The van der Waals surface area contributed by atoms with Gasteiger partial charge in [0.05, 0.1) is 12.4 Å². The molecule has 2 fully saturated rings. The van der Waals surface area contributed by atoms with E-state index in [-0.39, 0.29) is 0 Å². The van der Waals surface area contributed by atoms with Crippen LogP contribution in [-0.4, -0.2) is 40.0 Å². The standard InChI is InChI=1S/C12H20N6/c13-17-12-8-14-7-11(16-12)15-9-3-5-18-4-1-2-10(18)6-9/h7-10H,1-6,13H2,(H2,15,16,17). The summed E-state index contributed by atoms with van der Waals surface area (Å²) in [6, 6.07) is 1.27. The maximum atomic E-state index is 5.33. The number of rotatable bonds is 3. The van der Waals surface area contributed by atoms with E-state index >= 15 is 0 Å². The van der Waals surface area contributed by atoms with Crippen LogP contribution in [0.15, 0.2) is 12.4 Å². The van der Waals surface area contributed by atoms with Crippen LogP contribution < -0.4 is 16.6 Å². The summed E-state index contributed by atoms with van der Waals surface area (Å²) >= 11 is 0. The summed E-state index contributed by atoms with van der Waals surface area (Å²) in [7, 11) is 0. The molecule has 2 saturated heterocycles. The smallest absolute Gasteiger partial charge is 0.160 e. The topological polar surface area (TPSA) is 79.1 Å². The van der Waals surface area contributed by atoms with Gasteiger partial charge in [-0.25, -0.2) is 10.8 Å². The first-order valence-electron chi connectivity index (χ1n) is 6.64. The van der Waals surface area contributed by atoms with Crippen LogP contribution in [0.2, 0.25) is 0 Å². The van der Waals surface area contributed by atoms with Gasteiger partial charge in [0.1, 0.15) is 5.82 Å². The Morgan fingerprint density at radius 2 is 2.11 bits per heavy atom. The largest absolute Gasteiger partial charge is 0.366 e. The van der Waals surface area contributed by atoms with Crippen LogP contribution in [0.1, 0.15) is 25.7 Å². The van der Waals surface area contributed by atoms with Crippen LogP contribution >= 0.6 is 0 Å². The molecular formula is C12H20N6. The molecule has 4 N–H and O–H groups in total. The Bertz CT molecular complexity index is 409. The second-order valence-corrected chi connectivity index (χ2v) is 5.13. The van der Waals surface area contributed by atoms with Crippen molar-refractivity contribution in [2.24, 2.45) is 5.84 Å². The SMILES string of the molecule is NNc1cncc(NC2CCN3CCCC3C2)n1. The van der Waals surface area contributed by atoms with Crippen molar-refractivity contribution in [2.75, 3.05) is 23.8 Å². The summed E-state index contributed by atoms with van der Waals surface area (Å²) in [6.07, 6.45) is 8.45. The van der Waals surface area contributed by atoms with Gasteiger partial charge in [0.15, 0.2) is 5.82 Å². The molecule has 2 atom stereocenters. The zero-order valence-corrected chi connectivity index (χ0v) is 10.5. The molecular weight excluding hydrogens is 228 g/mol. The molecule has 0 saturated carbocycles. The van der Waals surface area contributed by atoms with E-state index in [4.69, 9.17) is 5.84 Å². The first-order chi connectivity index (χ1) is 8.85. The average Bonchev–Trinajstić information content (AvgIpc) is 2.86. The maximum absolute atomic E-state index is 5.33. The van der Waals surface area contributed by atoms with E-state index in [9.17, 15) is 0 Å². The molecule has 1 aromatic rings. The van der Waals surface area contributed by atoms with Crippen LogP contribution in [0.5, 0.6) is 0 Å². The molecule has 6 heteroatoms. The zero-order chi connectivity index (χ0) is 12.4. The number of aromatic nitrogens is 2. The highest BCUT2D eigenvalue weighted by Crippen LogP contribution is 2.28. The molecule has 0 radical (unpaired) electrons. The molecule has 2 unspecified atom stereocenters. The number of nitrogens with zero attached hydrogens (tertiary/aromatic N) is 3. The third-order valence-corrected chi connectivity index (χ3v) is 3.95. The summed E-state index contributed by atoms with van der Waals surface area (Å²) in [5.74, 6) is 6.74. The Labute approximate surface area is 107 Å². The van der Waals surface area contributed by atoms with E-state index in [1.807, 2.05) is 0 Å². The van der Waals surface area contributed by atoms with Crippen LogP contribution in [0.3, 0.4) is 0 Å². The number of nitrogen functional groups attached to an aromatic ring is 1. The van der Waals surface area contributed by atoms with Crippen molar-refractivity contribution >= 4 is 11.6 Å². The van der Waals surface area contributed by atoms with Gasteiger partial charge in [-0.2, -0.15) is 0 Å². The normalized spacial score (nSPS) is 27.8. The van der Waals surface area contributed by atoms with Gasteiger partial charge in [0.2, 0.25) is 0 Å². The molecule has 2 aliphatic heterocycles. The lowest BCUT2D eigenvalue weighted by Gasteiger charge is -2.35. The van der Waals surface area contributed by atoms with Gasteiger partial charge in [-0.15, -0.1) is 0 Å². The number of piperidine rings is 1. The molecule has 18 heavy (non-hydrogen) atoms. The second kappa shape index (κ2) is 5.07. The maximum Gasteiger partial charge on any atom is 0.160 e. The summed E-state index contributed by atoms with van der Waals surface area (Å²) in [6.45, 7) is 2.48. The van der Waals surface area contributed by atoms with E-state index in [0.29, 0.717) is 11.9 Å². The Morgan fingerprint density at radius 1 is 1.22 bits per heavy atom. The van der Waals surface area contributed by atoms with E-state index in [2.05, 4.69) is 25.6 Å². The van der Waals surface area contributed by atoms with Crippen molar-refractivity contribution in [1.29, 1.82) is 0 Å². The quantitative estimate of drug-likeness (QED) is 0.542. The van der Waals surface area contributed by atoms with Crippen molar-refractivity contribution in [2.45, 2.75) is 37.8 Å². The number of nitrogens with two attached hydrogens (primary N) is 1. The molecule has 3 heterocycles. The lowest BCUT2D eigenvalue weighted by Crippen LogP contribution is -2.42. The van der Waals surface area contributed by atoms with Crippen LogP contribution in [0.25, 0.3) is 0 Å². The number of anilines is 2. The lowest BCUT2D eigenvalue weighted by molar-refractivity contribution is 0.188. The monoisotopic (exact) mass is 248 g/mol. The molecule has 98 valence electrons. The number of hydrogen-bond acceptors (Lipinski definition) is 6. The van der Waals surface area contributed by atoms with Gasteiger partial charge < -0.3 is 15.6 Å². The summed E-state index contributed by atoms with van der Waals surface area (Å²) in [5.41, 5.74) is 2.52. The number of hydrazine groups is 1. The summed E-state index contributed by atoms with van der Waals surface area (Å²) in [5, 5.41) is 3.47. The van der Waals surface area contributed by atoms with E-state index in [0.717, 1.165) is 11.9 Å².